The number of hydrogen-bond donors (Lipinski definition) is 2. The van der Waals surface area contributed by atoms with E-state index in [0.29, 0.717) is 6.07 Å². The number of aromatic nitrogens is 1. The monoisotopic (exact) mass is 223 g/mol. The minimum Gasteiger partial charge on any atom is -0.478 e. The fourth-order valence-corrected chi connectivity index (χ4v) is 1.22. The third-order valence-electron chi connectivity index (χ3n) is 1.48. The highest BCUT2D eigenvalue weighted by molar-refractivity contribution is 6.32. The van der Waals surface area contributed by atoms with Gasteiger partial charge in [0.05, 0.1) is 0 Å². The Morgan fingerprint density at radius 3 is 2.57 bits per heavy atom. The number of rotatable bonds is 2. The Labute approximate surface area is 81.1 Å². The molecule has 14 heavy (non-hydrogen) atoms. The maximum Gasteiger partial charge on any atom is 0.339 e. The molecule has 0 aliphatic rings. The van der Waals surface area contributed by atoms with Crippen LogP contribution >= 0.6 is 11.6 Å². The minimum absolute atomic E-state index is 0.514. The first-order valence-electron chi connectivity index (χ1n) is 3.37. The molecule has 0 aromatic carbocycles. The lowest BCUT2D eigenvalue weighted by Gasteiger charge is -2.05. The Morgan fingerprint density at radius 1 is 1.57 bits per heavy atom. The Hall–Kier alpha value is -1.43. The summed E-state index contributed by atoms with van der Waals surface area (Å²) in [4.78, 5) is 23.2. The van der Waals surface area contributed by atoms with Gasteiger partial charge in [-0.05, 0) is 0 Å². The fourth-order valence-electron chi connectivity index (χ4n) is 0.936. The van der Waals surface area contributed by atoms with E-state index in [1.165, 1.54) is 0 Å². The maximum absolute atomic E-state index is 12.3. The van der Waals surface area contributed by atoms with Crippen molar-refractivity contribution in [3.05, 3.63) is 32.7 Å². The van der Waals surface area contributed by atoms with Gasteiger partial charge < -0.3 is 10.1 Å². The number of H-pyrrole nitrogens is 1. The SMILES string of the molecule is O=C(O)c1c(C(F)F)cc(=O)[nH]c1Cl. The van der Waals surface area contributed by atoms with Crippen LogP contribution in [0.3, 0.4) is 0 Å². The summed E-state index contributed by atoms with van der Waals surface area (Å²) in [7, 11) is 0. The molecular formula is C7H4ClF2NO3. The average Bonchev–Trinajstić information content (AvgIpc) is 2.01. The highest BCUT2D eigenvalue weighted by Gasteiger charge is 2.22. The van der Waals surface area contributed by atoms with E-state index in [1.54, 1.807) is 0 Å². The van der Waals surface area contributed by atoms with E-state index in [1.807, 2.05) is 4.98 Å². The van der Waals surface area contributed by atoms with Crippen molar-refractivity contribution in [3.63, 3.8) is 0 Å². The number of pyridine rings is 1. The summed E-state index contributed by atoms with van der Waals surface area (Å²) in [6, 6.07) is 0.514. The molecule has 7 heteroatoms. The van der Waals surface area contributed by atoms with Crippen molar-refractivity contribution in [1.29, 1.82) is 0 Å². The summed E-state index contributed by atoms with van der Waals surface area (Å²) in [5.74, 6) is -1.61. The van der Waals surface area contributed by atoms with Crippen LogP contribution in [0.5, 0.6) is 0 Å². The highest BCUT2D eigenvalue weighted by atomic mass is 35.5. The molecule has 0 amide bonds. The summed E-state index contributed by atoms with van der Waals surface area (Å²) in [5, 5.41) is 7.95. The standard InChI is InChI=1S/C7H4ClF2NO3/c8-5-4(7(13)14)2(6(9)10)1-3(12)11-5/h1,6H,(H,11,12)(H,13,14). The number of nitrogens with one attached hydrogen (secondary N) is 1. The lowest BCUT2D eigenvalue weighted by atomic mass is 10.1. The number of carbonyl (C=O) groups is 1. The highest BCUT2D eigenvalue weighted by Crippen LogP contribution is 2.25. The lowest BCUT2D eigenvalue weighted by Crippen LogP contribution is -2.13. The fraction of sp³-hybridized carbons (Fsp3) is 0.143. The van der Waals surface area contributed by atoms with Crippen LogP contribution in [0.2, 0.25) is 5.15 Å². The van der Waals surface area contributed by atoms with Gasteiger partial charge in [0.25, 0.3) is 6.43 Å². The largest absolute Gasteiger partial charge is 0.478 e. The first-order valence-corrected chi connectivity index (χ1v) is 3.75. The zero-order valence-electron chi connectivity index (χ0n) is 6.55. The van der Waals surface area contributed by atoms with E-state index >= 15 is 0 Å². The van der Waals surface area contributed by atoms with Crippen molar-refractivity contribution >= 4 is 17.6 Å². The third kappa shape index (κ3) is 1.90. The predicted molar refractivity (Wildman–Crippen MR) is 44.0 cm³/mol. The Morgan fingerprint density at radius 2 is 2.14 bits per heavy atom. The van der Waals surface area contributed by atoms with Gasteiger partial charge in [-0.15, -0.1) is 0 Å². The molecule has 0 bridgehead atoms. The maximum atomic E-state index is 12.3. The molecule has 0 atom stereocenters. The molecule has 1 aromatic heterocycles. The van der Waals surface area contributed by atoms with E-state index < -0.39 is 34.2 Å². The van der Waals surface area contributed by atoms with Crippen LogP contribution in [-0.4, -0.2) is 16.1 Å². The molecule has 0 fully saturated rings. The molecule has 1 heterocycles. The van der Waals surface area contributed by atoms with E-state index in [4.69, 9.17) is 16.7 Å². The first-order chi connectivity index (χ1) is 6.43. The van der Waals surface area contributed by atoms with Crippen LogP contribution in [0.15, 0.2) is 10.9 Å². The molecule has 0 radical (unpaired) electrons. The third-order valence-corrected chi connectivity index (χ3v) is 1.76. The molecule has 4 nitrogen and oxygen atoms in total. The van der Waals surface area contributed by atoms with E-state index in [2.05, 4.69) is 0 Å². The predicted octanol–water partition coefficient (Wildman–Crippen LogP) is 1.66. The second kappa shape index (κ2) is 3.75. The Bertz CT molecular complexity index is 429. The molecule has 0 saturated heterocycles. The van der Waals surface area contributed by atoms with Crippen molar-refractivity contribution in [2.24, 2.45) is 0 Å². The van der Waals surface area contributed by atoms with Crippen molar-refractivity contribution in [1.82, 2.24) is 4.98 Å². The number of carboxylic acid groups (broad SMARTS) is 1. The first kappa shape index (κ1) is 10.6. The van der Waals surface area contributed by atoms with Crippen LogP contribution in [0.4, 0.5) is 8.78 Å². The van der Waals surface area contributed by atoms with E-state index in [-0.39, 0.29) is 0 Å². The van der Waals surface area contributed by atoms with Gasteiger partial charge in [-0.3, -0.25) is 4.79 Å². The zero-order valence-corrected chi connectivity index (χ0v) is 7.31. The Balaban J connectivity index is 3.52. The number of aromatic carboxylic acids is 1. The molecule has 1 aromatic rings. The topological polar surface area (TPSA) is 70.2 Å². The number of aromatic amines is 1. The molecular weight excluding hydrogens is 220 g/mol. The quantitative estimate of drug-likeness (QED) is 0.749. The lowest BCUT2D eigenvalue weighted by molar-refractivity contribution is 0.0684. The summed E-state index contributed by atoms with van der Waals surface area (Å²) in [6.45, 7) is 0. The second-order valence-electron chi connectivity index (χ2n) is 2.38. The van der Waals surface area contributed by atoms with E-state index in [0.717, 1.165) is 0 Å². The van der Waals surface area contributed by atoms with Crippen LogP contribution in [0, 0.1) is 0 Å². The molecule has 0 unspecified atom stereocenters. The normalized spacial score (nSPS) is 10.6. The summed E-state index contributed by atoms with van der Waals surface area (Å²) < 4.78 is 24.5. The molecule has 2 N–H and O–H groups in total. The van der Waals surface area contributed by atoms with Crippen molar-refractivity contribution in [3.8, 4) is 0 Å². The minimum atomic E-state index is -3.05. The summed E-state index contributed by atoms with van der Waals surface area (Å²) in [5.41, 5.74) is -2.53. The zero-order chi connectivity index (χ0) is 10.9. The van der Waals surface area contributed by atoms with Crippen molar-refractivity contribution in [2.45, 2.75) is 6.43 Å². The van der Waals surface area contributed by atoms with Crippen molar-refractivity contribution in [2.75, 3.05) is 0 Å². The van der Waals surface area contributed by atoms with Gasteiger partial charge in [0, 0.05) is 11.6 Å². The Kier molecular flexibility index (Phi) is 2.85. The molecule has 0 spiro atoms. The van der Waals surface area contributed by atoms with Crippen LogP contribution in [0.1, 0.15) is 22.3 Å². The smallest absolute Gasteiger partial charge is 0.339 e. The molecule has 0 aliphatic heterocycles. The number of carboxylic acids is 1. The molecule has 0 saturated carbocycles. The molecule has 0 aliphatic carbocycles. The van der Waals surface area contributed by atoms with Gasteiger partial charge in [0.1, 0.15) is 10.7 Å². The van der Waals surface area contributed by atoms with Gasteiger partial charge in [0.15, 0.2) is 0 Å². The van der Waals surface area contributed by atoms with Crippen molar-refractivity contribution < 1.29 is 18.7 Å². The van der Waals surface area contributed by atoms with Crippen LogP contribution < -0.4 is 5.56 Å². The van der Waals surface area contributed by atoms with Gasteiger partial charge in [-0.1, -0.05) is 11.6 Å². The van der Waals surface area contributed by atoms with Crippen LogP contribution in [-0.2, 0) is 0 Å². The van der Waals surface area contributed by atoms with Gasteiger partial charge >= 0.3 is 5.97 Å². The second-order valence-corrected chi connectivity index (χ2v) is 2.76. The average molecular weight is 224 g/mol. The number of alkyl halides is 2. The van der Waals surface area contributed by atoms with Gasteiger partial charge in [-0.25, -0.2) is 13.6 Å². The summed E-state index contributed by atoms with van der Waals surface area (Å²) >= 11 is 5.30. The van der Waals surface area contributed by atoms with Crippen LogP contribution in [0.25, 0.3) is 0 Å². The molecule has 76 valence electrons. The van der Waals surface area contributed by atoms with Gasteiger partial charge in [0.2, 0.25) is 5.56 Å². The number of halogens is 3. The number of hydrogen-bond acceptors (Lipinski definition) is 2. The molecule has 1 rings (SSSR count). The van der Waals surface area contributed by atoms with Gasteiger partial charge in [-0.2, -0.15) is 0 Å². The summed E-state index contributed by atoms with van der Waals surface area (Å²) in [6.07, 6.45) is -3.05. The van der Waals surface area contributed by atoms with E-state index in [9.17, 15) is 18.4 Å².